The lowest BCUT2D eigenvalue weighted by Gasteiger charge is -2.34. The molecule has 118 valence electrons. The molecular formula is C16H25FN2O2. The summed E-state index contributed by atoms with van der Waals surface area (Å²) in [5.41, 5.74) is 1.52. The molecule has 1 aromatic rings. The van der Waals surface area contributed by atoms with Crippen LogP contribution in [0.3, 0.4) is 0 Å². The highest BCUT2D eigenvalue weighted by Gasteiger charge is 2.22. The number of benzene rings is 1. The van der Waals surface area contributed by atoms with Crippen molar-refractivity contribution in [3.05, 3.63) is 29.6 Å². The molecule has 5 heteroatoms. The Morgan fingerprint density at radius 3 is 2.81 bits per heavy atom. The maximum Gasteiger partial charge on any atom is 0.146 e. The van der Waals surface area contributed by atoms with E-state index in [-0.39, 0.29) is 24.1 Å². The lowest BCUT2D eigenvalue weighted by Crippen LogP contribution is -2.44. The van der Waals surface area contributed by atoms with Crippen LogP contribution in [0.15, 0.2) is 18.2 Å². The summed E-state index contributed by atoms with van der Waals surface area (Å²) in [6.45, 7) is 8.54. The number of aliphatic hydroxyl groups excluding tert-OH is 1. The first-order chi connectivity index (χ1) is 9.89. The van der Waals surface area contributed by atoms with Crippen molar-refractivity contribution in [2.75, 3.05) is 31.2 Å². The minimum absolute atomic E-state index is 0.00764. The number of nitrogens with one attached hydrogen (secondary N) is 1. The van der Waals surface area contributed by atoms with Gasteiger partial charge in [0.1, 0.15) is 5.82 Å². The quantitative estimate of drug-likeness (QED) is 0.891. The molecule has 2 rings (SSSR count). The van der Waals surface area contributed by atoms with Crippen molar-refractivity contribution >= 4 is 5.69 Å². The van der Waals surface area contributed by atoms with E-state index in [1.54, 1.807) is 6.07 Å². The van der Waals surface area contributed by atoms with Crippen LogP contribution in [0.4, 0.5) is 10.1 Å². The van der Waals surface area contributed by atoms with Gasteiger partial charge in [-0.3, -0.25) is 0 Å². The Morgan fingerprint density at radius 2 is 2.19 bits per heavy atom. The van der Waals surface area contributed by atoms with E-state index in [4.69, 9.17) is 9.84 Å². The standard InChI is InChI=1S/C16H25FN2O2/c1-16(2,3)18-9-12-4-5-15(14(17)8-12)19-6-7-21-13(10-19)11-20/h4-5,8,13,18,20H,6-7,9-11H2,1-3H3. The molecule has 1 saturated heterocycles. The minimum Gasteiger partial charge on any atom is -0.394 e. The third-order valence-corrected chi connectivity index (χ3v) is 3.52. The summed E-state index contributed by atoms with van der Waals surface area (Å²) < 4.78 is 19.7. The second-order valence-corrected chi connectivity index (χ2v) is 6.51. The van der Waals surface area contributed by atoms with Crippen LogP contribution in [0.1, 0.15) is 26.3 Å². The number of rotatable bonds is 4. The summed E-state index contributed by atoms with van der Waals surface area (Å²) in [4.78, 5) is 1.93. The van der Waals surface area contributed by atoms with Gasteiger partial charge in [-0.05, 0) is 38.5 Å². The molecule has 0 bridgehead atoms. The highest BCUT2D eigenvalue weighted by molar-refractivity contribution is 5.49. The van der Waals surface area contributed by atoms with E-state index in [1.165, 1.54) is 0 Å². The average molecular weight is 296 g/mol. The van der Waals surface area contributed by atoms with Crippen molar-refractivity contribution in [3.8, 4) is 0 Å². The van der Waals surface area contributed by atoms with Crippen LogP contribution in [0.25, 0.3) is 0 Å². The number of ether oxygens (including phenoxy) is 1. The van der Waals surface area contributed by atoms with Crippen molar-refractivity contribution in [2.24, 2.45) is 0 Å². The monoisotopic (exact) mass is 296 g/mol. The van der Waals surface area contributed by atoms with Crippen molar-refractivity contribution in [1.82, 2.24) is 5.32 Å². The minimum atomic E-state index is -0.236. The van der Waals surface area contributed by atoms with E-state index in [0.29, 0.717) is 31.9 Å². The van der Waals surface area contributed by atoms with E-state index in [2.05, 4.69) is 26.1 Å². The van der Waals surface area contributed by atoms with Crippen LogP contribution in [0.2, 0.25) is 0 Å². The van der Waals surface area contributed by atoms with Gasteiger partial charge in [-0.15, -0.1) is 0 Å². The molecule has 0 aliphatic carbocycles. The number of hydrogen-bond donors (Lipinski definition) is 2. The van der Waals surface area contributed by atoms with Gasteiger partial charge < -0.3 is 20.1 Å². The van der Waals surface area contributed by atoms with E-state index in [0.717, 1.165) is 5.56 Å². The largest absolute Gasteiger partial charge is 0.394 e. The fourth-order valence-corrected chi connectivity index (χ4v) is 2.33. The molecule has 1 aromatic carbocycles. The van der Waals surface area contributed by atoms with Gasteiger partial charge >= 0.3 is 0 Å². The van der Waals surface area contributed by atoms with Crippen LogP contribution in [-0.2, 0) is 11.3 Å². The zero-order valence-electron chi connectivity index (χ0n) is 13.0. The van der Waals surface area contributed by atoms with Crippen molar-refractivity contribution in [3.63, 3.8) is 0 Å². The first kappa shape index (κ1) is 16.2. The molecule has 1 atom stereocenters. The third kappa shape index (κ3) is 4.66. The molecular weight excluding hydrogens is 271 g/mol. The van der Waals surface area contributed by atoms with Gasteiger partial charge in [-0.1, -0.05) is 6.07 Å². The fraction of sp³-hybridized carbons (Fsp3) is 0.625. The molecule has 4 nitrogen and oxygen atoms in total. The normalized spacial score (nSPS) is 19.9. The van der Waals surface area contributed by atoms with Gasteiger partial charge in [-0.25, -0.2) is 4.39 Å². The van der Waals surface area contributed by atoms with E-state index in [9.17, 15) is 4.39 Å². The number of hydrogen-bond acceptors (Lipinski definition) is 4. The van der Waals surface area contributed by atoms with Gasteiger partial charge in [-0.2, -0.15) is 0 Å². The summed E-state index contributed by atoms with van der Waals surface area (Å²) in [7, 11) is 0. The molecule has 1 unspecified atom stereocenters. The summed E-state index contributed by atoms with van der Waals surface area (Å²) >= 11 is 0. The first-order valence-corrected chi connectivity index (χ1v) is 7.40. The van der Waals surface area contributed by atoms with Crippen LogP contribution in [-0.4, -0.2) is 43.1 Å². The number of morpholine rings is 1. The maximum absolute atomic E-state index is 14.3. The van der Waals surface area contributed by atoms with Gasteiger partial charge in [0, 0.05) is 25.2 Å². The molecule has 0 saturated carbocycles. The molecule has 21 heavy (non-hydrogen) atoms. The molecule has 1 heterocycles. The Kier molecular flexibility index (Phi) is 5.19. The molecule has 0 amide bonds. The van der Waals surface area contributed by atoms with Crippen LogP contribution in [0, 0.1) is 5.82 Å². The highest BCUT2D eigenvalue weighted by Crippen LogP contribution is 2.23. The van der Waals surface area contributed by atoms with Gasteiger partial charge in [0.2, 0.25) is 0 Å². The lowest BCUT2D eigenvalue weighted by molar-refractivity contribution is 0.00340. The predicted octanol–water partition coefficient (Wildman–Crippen LogP) is 1.91. The molecule has 2 N–H and O–H groups in total. The zero-order valence-corrected chi connectivity index (χ0v) is 13.0. The summed E-state index contributed by atoms with van der Waals surface area (Å²) in [6, 6.07) is 5.34. The maximum atomic E-state index is 14.3. The van der Waals surface area contributed by atoms with E-state index >= 15 is 0 Å². The molecule has 0 spiro atoms. The molecule has 0 aromatic heterocycles. The summed E-state index contributed by atoms with van der Waals surface area (Å²) in [5.74, 6) is -0.221. The van der Waals surface area contributed by atoms with Crippen molar-refractivity contribution in [2.45, 2.75) is 39.0 Å². The topological polar surface area (TPSA) is 44.7 Å². The first-order valence-electron chi connectivity index (χ1n) is 7.40. The second kappa shape index (κ2) is 6.73. The summed E-state index contributed by atoms with van der Waals surface area (Å²) in [5, 5.41) is 12.5. The SMILES string of the molecule is CC(C)(C)NCc1ccc(N2CCOC(CO)C2)c(F)c1. The van der Waals surface area contributed by atoms with Crippen LogP contribution in [0.5, 0.6) is 0 Å². The van der Waals surface area contributed by atoms with Crippen molar-refractivity contribution in [1.29, 1.82) is 0 Å². The molecule has 1 aliphatic heterocycles. The Labute approximate surface area is 125 Å². The Balaban J connectivity index is 2.05. The van der Waals surface area contributed by atoms with E-state index < -0.39 is 0 Å². The fourth-order valence-electron chi connectivity index (χ4n) is 2.33. The van der Waals surface area contributed by atoms with Gasteiger partial charge in [0.15, 0.2) is 0 Å². The number of nitrogens with zero attached hydrogens (tertiary/aromatic N) is 1. The van der Waals surface area contributed by atoms with Crippen LogP contribution >= 0.6 is 0 Å². The number of halogens is 1. The molecule has 1 aliphatic rings. The van der Waals surface area contributed by atoms with Gasteiger partial charge in [0.25, 0.3) is 0 Å². The lowest BCUT2D eigenvalue weighted by atomic mass is 10.1. The van der Waals surface area contributed by atoms with Crippen LogP contribution < -0.4 is 10.2 Å². The third-order valence-electron chi connectivity index (χ3n) is 3.52. The summed E-state index contributed by atoms with van der Waals surface area (Å²) in [6.07, 6.45) is -0.236. The molecule has 1 fully saturated rings. The predicted molar refractivity (Wildman–Crippen MR) is 82.0 cm³/mol. The molecule has 0 radical (unpaired) electrons. The van der Waals surface area contributed by atoms with Gasteiger partial charge in [0.05, 0.1) is 25.0 Å². The average Bonchev–Trinajstić information content (AvgIpc) is 2.44. The second-order valence-electron chi connectivity index (χ2n) is 6.51. The Hall–Kier alpha value is -1.17. The number of anilines is 1. The number of aliphatic hydroxyl groups is 1. The smallest absolute Gasteiger partial charge is 0.146 e. The highest BCUT2D eigenvalue weighted by atomic mass is 19.1. The Bertz CT molecular complexity index is 474. The van der Waals surface area contributed by atoms with E-state index in [1.807, 2.05) is 17.0 Å². The zero-order chi connectivity index (χ0) is 15.5. The van der Waals surface area contributed by atoms with Crippen molar-refractivity contribution < 1.29 is 14.2 Å². The Morgan fingerprint density at radius 1 is 1.43 bits per heavy atom.